The first-order valence-corrected chi connectivity index (χ1v) is 12.4. The number of hydrogen-bond donors (Lipinski definition) is 6. The molecule has 2 bridgehead atoms. The van der Waals surface area contributed by atoms with Crippen LogP contribution in [0, 0.1) is 0 Å². The normalized spacial score (nSPS) is 28.2. The standard InChI is InChI=1S/C26H29N3O10/c27-26(28)29-15-5-7-36-10-16-20(33)21(34)22(35)25(38-16)39-23-13(15)9-14-17(24(23)37-8-6-30)19(32)12-4-2-1-3-11(12)18(14)31/h1-4,9,15-16,20-22,25,30,33-35H,5-8,10H2,(H4,27,28,29)/t15-,16+,20+,21-,22+,25-/m1/s1. The highest BCUT2D eigenvalue weighted by molar-refractivity contribution is 6.29. The third-order valence-electron chi connectivity index (χ3n) is 6.87. The lowest BCUT2D eigenvalue weighted by molar-refractivity contribution is -0.279. The molecule has 0 radical (unpaired) electrons. The van der Waals surface area contributed by atoms with Crippen LogP contribution in [0.15, 0.2) is 35.3 Å². The predicted octanol–water partition coefficient (Wildman–Crippen LogP) is -1.25. The quantitative estimate of drug-likeness (QED) is 0.168. The van der Waals surface area contributed by atoms with E-state index >= 15 is 0 Å². The Labute approximate surface area is 222 Å². The van der Waals surface area contributed by atoms with Crippen LogP contribution in [-0.4, -0.2) is 95.1 Å². The zero-order valence-electron chi connectivity index (χ0n) is 20.7. The first-order chi connectivity index (χ1) is 18.7. The van der Waals surface area contributed by atoms with Crippen LogP contribution >= 0.6 is 0 Å². The van der Waals surface area contributed by atoms with Crippen LogP contribution < -0.4 is 20.9 Å². The molecule has 5 rings (SSSR count). The monoisotopic (exact) mass is 543 g/mol. The van der Waals surface area contributed by atoms with Crippen LogP contribution in [0.25, 0.3) is 0 Å². The van der Waals surface area contributed by atoms with Crippen molar-refractivity contribution in [1.29, 1.82) is 0 Å². The van der Waals surface area contributed by atoms with E-state index in [1.54, 1.807) is 18.2 Å². The highest BCUT2D eigenvalue weighted by Crippen LogP contribution is 2.47. The van der Waals surface area contributed by atoms with Crippen LogP contribution in [0.4, 0.5) is 0 Å². The largest absolute Gasteiger partial charge is 0.486 e. The van der Waals surface area contributed by atoms with Crippen LogP contribution in [-0.2, 0) is 9.47 Å². The van der Waals surface area contributed by atoms with Crippen molar-refractivity contribution in [3.8, 4) is 11.5 Å². The number of aliphatic imine (C=N–C) groups is 1. The Morgan fingerprint density at radius 3 is 2.44 bits per heavy atom. The molecular weight excluding hydrogens is 514 g/mol. The van der Waals surface area contributed by atoms with Crippen molar-refractivity contribution in [3.05, 3.63) is 58.1 Å². The lowest BCUT2D eigenvalue weighted by Crippen LogP contribution is -2.60. The lowest BCUT2D eigenvalue weighted by Gasteiger charge is -2.40. The van der Waals surface area contributed by atoms with Gasteiger partial charge in [0.15, 0.2) is 29.0 Å². The molecule has 8 N–H and O–H groups in total. The second-order valence-electron chi connectivity index (χ2n) is 9.39. The van der Waals surface area contributed by atoms with Crippen molar-refractivity contribution >= 4 is 17.5 Å². The van der Waals surface area contributed by atoms with Crippen LogP contribution in [0.3, 0.4) is 0 Å². The molecule has 6 atom stereocenters. The van der Waals surface area contributed by atoms with Crippen LogP contribution in [0.2, 0.25) is 0 Å². The van der Waals surface area contributed by atoms with Gasteiger partial charge in [0, 0.05) is 28.9 Å². The third-order valence-corrected chi connectivity index (χ3v) is 6.87. The molecule has 3 aliphatic rings. The Morgan fingerprint density at radius 2 is 1.74 bits per heavy atom. The van der Waals surface area contributed by atoms with E-state index in [0.717, 1.165) is 0 Å². The molecule has 2 aromatic carbocycles. The molecule has 0 unspecified atom stereocenters. The molecule has 1 saturated heterocycles. The number of carbonyl (C=O) groups is 2. The molecule has 13 nitrogen and oxygen atoms in total. The maximum atomic E-state index is 13.7. The molecule has 1 aliphatic carbocycles. The van der Waals surface area contributed by atoms with Gasteiger partial charge in [-0.25, -0.2) is 4.99 Å². The number of benzene rings is 2. The number of fused-ring (bicyclic) bond motifs is 5. The third kappa shape index (κ3) is 4.84. The number of hydrogen-bond acceptors (Lipinski definition) is 11. The molecule has 0 amide bonds. The van der Waals surface area contributed by atoms with E-state index in [2.05, 4.69) is 4.99 Å². The van der Waals surface area contributed by atoms with E-state index in [1.807, 2.05) is 0 Å². The first kappa shape index (κ1) is 27.0. The number of ketones is 2. The zero-order chi connectivity index (χ0) is 27.8. The van der Waals surface area contributed by atoms with Crippen molar-refractivity contribution in [2.24, 2.45) is 16.5 Å². The highest BCUT2D eigenvalue weighted by Gasteiger charge is 2.47. The topological polar surface area (TPSA) is 216 Å². The van der Waals surface area contributed by atoms with Gasteiger partial charge in [-0.15, -0.1) is 0 Å². The van der Waals surface area contributed by atoms with Gasteiger partial charge in [0.2, 0.25) is 6.29 Å². The Hall–Kier alpha value is -3.59. The molecule has 0 aromatic heterocycles. The number of aliphatic hydroxyl groups is 4. The SMILES string of the molecule is NC(N)=N[C@@H]1CCOC[C@@H]2O[C@H](Oc3c1cc1c(c3OCCO)C(=O)c3ccccc3C1=O)[C@@H](O)[C@H](O)[C@H]2O. The van der Waals surface area contributed by atoms with E-state index in [9.17, 15) is 30.0 Å². The number of guanidine groups is 1. The number of aliphatic hydroxyl groups excluding tert-OH is 4. The molecule has 2 aliphatic heterocycles. The van der Waals surface area contributed by atoms with Crippen molar-refractivity contribution in [2.45, 2.75) is 43.2 Å². The van der Waals surface area contributed by atoms with Crippen molar-refractivity contribution in [1.82, 2.24) is 0 Å². The molecule has 0 saturated carbocycles. The summed E-state index contributed by atoms with van der Waals surface area (Å²) in [4.78, 5) is 31.6. The maximum Gasteiger partial charge on any atom is 0.229 e. The second-order valence-corrected chi connectivity index (χ2v) is 9.39. The average Bonchev–Trinajstić information content (AvgIpc) is 2.95. The maximum absolute atomic E-state index is 13.7. The number of nitrogens with zero attached hydrogens (tertiary/aromatic N) is 1. The number of nitrogens with two attached hydrogens (primary N) is 2. The van der Waals surface area contributed by atoms with Gasteiger partial charge in [-0.3, -0.25) is 9.59 Å². The fourth-order valence-electron chi connectivity index (χ4n) is 5.01. The minimum absolute atomic E-state index is 0.0130. The summed E-state index contributed by atoms with van der Waals surface area (Å²) in [6.07, 6.45) is -7.28. The summed E-state index contributed by atoms with van der Waals surface area (Å²) in [6.45, 7) is -0.788. The van der Waals surface area contributed by atoms with Gasteiger partial charge in [-0.1, -0.05) is 24.3 Å². The van der Waals surface area contributed by atoms with Crippen LogP contribution in [0.5, 0.6) is 11.5 Å². The lowest BCUT2D eigenvalue weighted by atomic mass is 9.81. The molecule has 39 heavy (non-hydrogen) atoms. The van der Waals surface area contributed by atoms with E-state index in [4.69, 9.17) is 30.4 Å². The Morgan fingerprint density at radius 1 is 1.03 bits per heavy atom. The predicted molar refractivity (Wildman–Crippen MR) is 134 cm³/mol. The molecular formula is C26H29N3O10. The van der Waals surface area contributed by atoms with Gasteiger partial charge in [0.05, 0.1) is 24.8 Å². The minimum Gasteiger partial charge on any atom is -0.486 e. The second kappa shape index (κ2) is 10.9. The zero-order valence-corrected chi connectivity index (χ0v) is 20.7. The van der Waals surface area contributed by atoms with Gasteiger partial charge in [0.25, 0.3) is 0 Å². The summed E-state index contributed by atoms with van der Waals surface area (Å²) < 4.78 is 23.3. The molecule has 0 spiro atoms. The number of ether oxygens (including phenoxy) is 4. The summed E-state index contributed by atoms with van der Waals surface area (Å²) in [5, 5.41) is 41.1. The summed E-state index contributed by atoms with van der Waals surface area (Å²) in [5.74, 6) is -1.56. The molecule has 1 fully saturated rings. The average molecular weight is 544 g/mol. The Kier molecular flexibility index (Phi) is 7.53. The van der Waals surface area contributed by atoms with E-state index in [1.165, 1.54) is 12.1 Å². The minimum atomic E-state index is -1.72. The van der Waals surface area contributed by atoms with Gasteiger partial charge < -0.3 is 50.8 Å². The van der Waals surface area contributed by atoms with Crippen LogP contribution in [0.1, 0.15) is 49.9 Å². The molecule has 2 heterocycles. The summed E-state index contributed by atoms with van der Waals surface area (Å²) >= 11 is 0. The van der Waals surface area contributed by atoms with E-state index in [0.29, 0.717) is 0 Å². The van der Waals surface area contributed by atoms with Gasteiger partial charge in [0.1, 0.15) is 31.0 Å². The van der Waals surface area contributed by atoms with Crippen molar-refractivity contribution in [2.75, 3.05) is 26.4 Å². The van der Waals surface area contributed by atoms with Gasteiger partial charge in [-0.2, -0.15) is 0 Å². The Balaban J connectivity index is 1.76. The summed E-state index contributed by atoms with van der Waals surface area (Å²) in [7, 11) is 0. The fraction of sp³-hybridized carbons (Fsp3) is 0.423. The highest BCUT2D eigenvalue weighted by atomic mass is 16.7. The van der Waals surface area contributed by atoms with Crippen molar-refractivity contribution in [3.63, 3.8) is 0 Å². The smallest absolute Gasteiger partial charge is 0.229 e. The van der Waals surface area contributed by atoms with Gasteiger partial charge >= 0.3 is 0 Å². The Bertz CT molecular complexity index is 1310. The summed E-state index contributed by atoms with van der Waals surface area (Å²) in [5.41, 5.74) is 11.9. The molecule has 2 aromatic rings. The fourth-order valence-corrected chi connectivity index (χ4v) is 5.01. The summed E-state index contributed by atoms with van der Waals surface area (Å²) in [6, 6.07) is 6.89. The van der Waals surface area contributed by atoms with E-state index < -0.39 is 54.9 Å². The molecule has 13 heteroatoms. The van der Waals surface area contributed by atoms with Crippen molar-refractivity contribution < 1.29 is 49.0 Å². The van der Waals surface area contributed by atoms with E-state index in [-0.39, 0.29) is 71.5 Å². The van der Waals surface area contributed by atoms with Gasteiger partial charge in [-0.05, 0) is 12.5 Å². The number of rotatable bonds is 4. The molecule has 208 valence electrons. The first-order valence-electron chi connectivity index (χ1n) is 12.4. The number of carbonyl (C=O) groups excluding carboxylic acids is 2.